The van der Waals surface area contributed by atoms with E-state index < -0.39 is 17.7 Å². The predicted molar refractivity (Wildman–Crippen MR) is 65.8 cm³/mol. The first-order valence-corrected chi connectivity index (χ1v) is 5.64. The summed E-state index contributed by atoms with van der Waals surface area (Å²) in [5, 5.41) is 2.90. The van der Waals surface area contributed by atoms with Gasteiger partial charge in [0.15, 0.2) is 0 Å². The third-order valence-electron chi connectivity index (χ3n) is 2.73. The molecule has 0 aliphatic rings. The number of nitrogens with zero attached hydrogens (tertiary/aromatic N) is 2. The number of hydrogen-bond donors (Lipinski definition) is 1. The second-order valence-corrected chi connectivity index (χ2v) is 3.87. The first-order valence-electron chi connectivity index (χ1n) is 5.64. The Morgan fingerprint density at radius 1 is 1.21 bits per heavy atom. The van der Waals surface area contributed by atoms with E-state index in [1.807, 2.05) is 0 Å². The van der Waals surface area contributed by atoms with Gasteiger partial charge in [-0.1, -0.05) is 0 Å². The van der Waals surface area contributed by atoms with Gasteiger partial charge in [-0.05, 0) is 25.2 Å². The monoisotopic (exact) mass is 265 g/mol. The Kier molecular flexibility index (Phi) is 4.01. The van der Waals surface area contributed by atoms with Crippen molar-refractivity contribution >= 4 is 0 Å². The van der Waals surface area contributed by atoms with E-state index in [1.165, 1.54) is 13.4 Å². The van der Waals surface area contributed by atoms with E-state index in [-0.39, 0.29) is 5.56 Å². The number of benzene rings is 1. The third kappa shape index (κ3) is 2.85. The Balaban J connectivity index is 2.46. The molecule has 0 spiro atoms. The van der Waals surface area contributed by atoms with Gasteiger partial charge in [-0.15, -0.1) is 0 Å². The number of nitrogens with one attached hydrogen (secondary N) is 1. The molecule has 2 rings (SSSR count). The fourth-order valence-electron chi connectivity index (χ4n) is 1.82. The topological polar surface area (TPSA) is 47.0 Å². The molecule has 100 valence electrons. The highest BCUT2D eigenvalue weighted by Gasteiger charge is 2.19. The van der Waals surface area contributed by atoms with Gasteiger partial charge in [0.05, 0.1) is 18.8 Å². The second-order valence-electron chi connectivity index (χ2n) is 3.87. The van der Waals surface area contributed by atoms with Gasteiger partial charge in [-0.3, -0.25) is 0 Å². The van der Waals surface area contributed by atoms with Crippen molar-refractivity contribution in [3.63, 3.8) is 0 Å². The average Bonchev–Trinajstić information content (AvgIpc) is 2.44. The second kappa shape index (κ2) is 5.71. The fourth-order valence-corrected chi connectivity index (χ4v) is 1.82. The maximum atomic E-state index is 13.8. The van der Waals surface area contributed by atoms with Gasteiger partial charge in [0.1, 0.15) is 18.0 Å². The summed E-state index contributed by atoms with van der Waals surface area (Å²) in [6.45, 7) is 0. The maximum Gasteiger partial charge on any atom is 0.216 e. The van der Waals surface area contributed by atoms with Crippen molar-refractivity contribution in [3.8, 4) is 5.88 Å². The molecule has 0 amide bonds. The SMILES string of the molecule is CNC(c1cc(OC)ncn1)c1cc(F)ccc1F. The molecule has 2 aromatic rings. The van der Waals surface area contributed by atoms with Crippen molar-refractivity contribution < 1.29 is 13.5 Å². The lowest BCUT2D eigenvalue weighted by Crippen LogP contribution is -2.20. The molecule has 1 aromatic heterocycles. The van der Waals surface area contributed by atoms with E-state index >= 15 is 0 Å². The van der Waals surface area contributed by atoms with E-state index in [0.717, 1.165) is 18.2 Å². The van der Waals surface area contributed by atoms with Crippen LogP contribution in [0.3, 0.4) is 0 Å². The van der Waals surface area contributed by atoms with Crippen LogP contribution in [0.4, 0.5) is 8.78 Å². The minimum atomic E-state index is -0.576. The summed E-state index contributed by atoms with van der Waals surface area (Å²) < 4.78 is 32.0. The van der Waals surface area contributed by atoms with Crippen molar-refractivity contribution in [2.24, 2.45) is 0 Å². The molecule has 0 saturated carbocycles. The van der Waals surface area contributed by atoms with E-state index in [4.69, 9.17) is 4.74 Å². The van der Waals surface area contributed by atoms with Gasteiger partial charge in [0.25, 0.3) is 0 Å². The molecule has 6 heteroatoms. The molecule has 1 heterocycles. The van der Waals surface area contributed by atoms with Gasteiger partial charge in [-0.2, -0.15) is 0 Å². The molecule has 0 aliphatic carbocycles. The van der Waals surface area contributed by atoms with Crippen LogP contribution < -0.4 is 10.1 Å². The van der Waals surface area contributed by atoms with Gasteiger partial charge in [-0.25, -0.2) is 18.7 Å². The van der Waals surface area contributed by atoms with Gasteiger partial charge in [0, 0.05) is 11.6 Å². The minimum Gasteiger partial charge on any atom is -0.481 e. The van der Waals surface area contributed by atoms with Crippen molar-refractivity contribution in [1.82, 2.24) is 15.3 Å². The molecule has 0 saturated heterocycles. The number of methoxy groups -OCH3 is 1. The lowest BCUT2D eigenvalue weighted by molar-refractivity contribution is 0.395. The number of hydrogen-bond acceptors (Lipinski definition) is 4. The molecule has 1 aromatic carbocycles. The highest BCUT2D eigenvalue weighted by atomic mass is 19.1. The van der Waals surface area contributed by atoms with Crippen molar-refractivity contribution in [2.75, 3.05) is 14.2 Å². The van der Waals surface area contributed by atoms with Crippen LogP contribution >= 0.6 is 0 Å². The fraction of sp³-hybridized carbons (Fsp3) is 0.231. The van der Waals surface area contributed by atoms with Crippen LogP contribution in [0.25, 0.3) is 0 Å². The average molecular weight is 265 g/mol. The molecule has 4 nitrogen and oxygen atoms in total. The number of ether oxygens (including phenoxy) is 1. The van der Waals surface area contributed by atoms with Crippen LogP contribution in [0, 0.1) is 11.6 Å². The van der Waals surface area contributed by atoms with E-state index in [2.05, 4.69) is 15.3 Å². The first-order chi connectivity index (χ1) is 9.15. The maximum absolute atomic E-state index is 13.8. The van der Waals surface area contributed by atoms with Crippen molar-refractivity contribution in [3.05, 3.63) is 53.5 Å². The van der Waals surface area contributed by atoms with Gasteiger partial charge >= 0.3 is 0 Å². The Hall–Kier alpha value is -2.08. The van der Waals surface area contributed by atoms with Gasteiger partial charge < -0.3 is 10.1 Å². The molecular weight excluding hydrogens is 252 g/mol. The van der Waals surface area contributed by atoms with E-state index in [9.17, 15) is 8.78 Å². The zero-order valence-corrected chi connectivity index (χ0v) is 10.5. The Morgan fingerprint density at radius 2 is 2.00 bits per heavy atom. The number of aromatic nitrogens is 2. The summed E-state index contributed by atoms with van der Waals surface area (Å²) in [4.78, 5) is 7.94. The van der Waals surface area contributed by atoms with Crippen LogP contribution in [-0.4, -0.2) is 24.1 Å². The van der Waals surface area contributed by atoms with Crippen LogP contribution in [0.15, 0.2) is 30.6 Å². The molecule has 0 fully saturated rings. The molecular formula is C13H13F2N3O. The molecule has 1 unspecified atom stereocenters. The zero-order chi connectivity index (χ0) is 13.8. The van der Waals surface area contributed by atoms with Crippen molar-refractivity contribution in [1.29, 1.82) is 0 Å². The van der Waals surface area contributed by atoms with Crippen LogP contribution in [0.5, 0.6) is 5.88 Å². The van der Waals surface area contributed by atoms with Crippen LogP contribution in [0.2, 0.25) is 0 Å². The Morgan fingerprint density at radius 3 is 2.68 bits per heavy atom. The molecule has 1 N–H and O–H groups in total. The van der Waals surface area contributed by atoms with Crippen LogP contribution in [-0.2, 0) is 0 Å². The highest BCUT2D eigenvalue weighted by molar-refractivity contribution is 5.31. The van der Waals surface area contributed by atoms with Crippen LogP contribution in [0.1, 0.15) is 17.3 Å². The normalized spacial score (nSPS) is 12.2. The Bertz CT molecular complexity index is 578. The quantitative estimate of drug-likeness (QED) is 0.919. The minimum absolute atomic E-state index is 0.184. The summed E-state index contributed by atoms with van der Waals surface area (Å²) in [6, 6.07) is 4.31. The van der Waals surface area contributed by atoms with Crippen molar-refractivity contribution in [2.45, 2.75) is 6.04 Å². The number of rotatable bonds is 4. The number of halogens is 2. The molecule has 0 radical (unpaired) electrons. The summed E-state index contributed by atoms with van der Waals surface area (Å²) >= 11 is 0. The third-order valence-corrected chi connectivity index (χ3v) is 2.73. The lowest BCUT2D eigenvalue weighted by Gasteiger charge is -2.17. The smallest absolute Gasteiger partial charge is 0.216 e. The summed E-state index contributed by atoms with van der Waals surface area (Å²) in [7, 11) is 3.12. The molecule has 1 atom stereocenters. The molecule has 0 aliphatic heterocycles. The van der Waals surface area contributed by atoms with E-state index in [0.29, 0.717) is 11.6 Å². The summed E-state index contributed by atoms with van der Waals surface area (Å²) in [5.41, 5.74) is 0.683. The predicted octanol–water partition coefficient (Wildman–Crippen LogP) is 2.07. The van der Waals surface area contributed by atoms with E-state index in [1.54, 1.807) is 13.1 Å². The summed E-state index contributed by atoms with van der Waals surface area (Å²) in [5.74, 6) is -0.641. The first kappa shape index (κ1) is 13.4. The van der Waals surface area contributed by atoms with Gasteiger partial charge in [0.2, 0.25) is 5.88 Å². The standard InChI is InChI=1S/C13H13F2N3O/c1-16-13(9-5-8(14)3-4-10(9)15)11-6-12(19-2)18-7-17-11/h3-7,13,16H,1-2H3. The molecule has 19 heavy (non-hydrogen) atoms. The molecule has 0 bridgehead atoms. The zero-order valence-electron chi connectivity index (χ0n) is 10.5. The lowest BCUT2D eigenvalue weighted by atomic mass is 10.0. The largest absolute Gasteiger partial charge is 0.481 e. The Labute approximate surface area is 109 Å². The summed E-state index contributed by atoms with van der Waals surface area (Å²) in [6.07, 6.45) is 1.32. The highest BCUT2D eigenvalue weighted by Crippen LogP contribution is 2.24.